The second-order valence-corrected chi connectivity index (χ2v) is 12.4. The molecule has 0 aliphatic carbocycles. The number of allylic oxidation sites excluding steroid dienone is 1. The maximum absolute atomic E-state index is 13.6. The molecule has 1 fully saturated rings. The first-order valence-corrected chi connectivity index (χ1v) is 14.7. The standard InChI is InChI=1S/C32H49N3O6/c1-20(2)13-15-24(33-31(40)27(36)16-14-21(3)4)29(38)35-26(18-23-11-9-8-10-12-23)30(39)34-25(17-22(5)6)28(37)32(7)19-41-32/h8-12,20,22,24-27,36H,3,13-19H2,1-2,4-7H3,(H,33,40)(H,34,39)(H,35,38)/t24-,25-,26-,27-,32+/m0/s1. The molecule has 0 aromatic heterocycles. The summed E-state index contributed by atoms with van der Waals surface area (Å²) in [6, 6.07) is 6.58. The van der Waals surface area contributed by atoms with Crippen molar-refractivity contribution in [2.45, 2.75) is 110 Å². The Morgan fingerprint density at radius 1 is 0.878 bits per heavy atom. The van der Waals surface area contributed by atoms with E-state index in [1.54, 1.807) is 6.92 Å². The molecular weight excluding hydrogens is 522 g/mol. The highest BCUT2D eigenvalue weighted by Crippen LogP contribution is 2.29. The van der Waals surface area contributed by atoms with Crippen molar-refractivity contribution < 1.29 is 29.0 Å². The van der Waals surface area contributed by atoms with Gasteiger partial charge in [0.2, 0.25) is 17.7 Å². The number of nitrogens with one attached hydrogen (secondary N) is 3. The molecular formula is C32H49N3O6. The normalized spacial score (nSPS) is 19.1. The van der Waals surface area contributed by atoms with Crippen molar-refractivity contribution >= 4 is 23.5 Å². The van der Waals surface area contributed by atoms with E-state index in [1.807, 2.05) is 65.0 Å². The van der Waals surface area contributed by atoms with Gasteiger partial charge in [0.25, 0.3) is 0 Å². The fraction of sp³-hybridized carbons (Fsp3) is 0.625. The highest BCUT2D eigenvalue weighted by molar-refractivity contribution is 5.98. The lowest BCUT2D eigenvalue weighted by Gasteiger charge is -2.27. The van der Waals surface area contributed by atoms with Gasteiger partial charge in [0, 0.05) is 6.42 Å². The number of aliphatic hydroxyl groups excluding tert-OH is 1. The number of aliphatic hydroxyl groups is 1. The van der Waals surface area contributed by atoms with Crippen LogP contribution >= 0.6 is 0 Å². The fourth-order valence-electron chi connectivity index (χ4n) is 4.48. The van der Waals surface area contributed by atoms with Gasteiger partial charge in [-0.3, -0.25) is 19.2 Å². The Bertz CT molecular complexity index is 1050. The van der Waals surface area contributed by atoms with E-state index in [2.05, 4.69) is 22.5 Å². The molecule has 1 aromatic carbocycles. The molecule has 0 saturated carbocycles. The largest absolute Gasteiger partial charge is 0.383 e. The molecule has 5 atom stereocenters. The molecule has 1 aliphatic heterocycles. The van der Waals surface area contributed by atoms with Crippen LogP contribution < -0.4 is 16.0 Å². The Balaban J connectivity index is 2.25. The highest BCUT2D eigenvalue weighted by Gasteiger charge is 2.50. The molecule has 3 amide bonds. The molecule has 2 rings (SSSR count). The molecule has 0 spiro atoms. The summed E-state index contributed by atoms with van der Waals surface area (Å²) in [5, 5.41) is 18.7. The summed E-state index contributed by atoms with van der Waals surface area (Å²) in [6.07, 6.45) is 1.03. The van der Waals surface area contributed by atoms with Crippen molar-refractivity contribution in [1.29, 1.82) is 0 Å². The van der Waals surface area contributed by atoms with Gasteiger partial charge < -0.3 is 25.8 Å². The van der Waals surface area contributed by atoms with Gasteiger partial charge in [-0.15, -0.1) is 6.58 Å². The van der Waals surface area contributed by atoms with E-state index < -0.39 is 47.6 Å². The van der Waals surface area contributed by atoms with E-state index in [9.17, 15) is 24.3 Å². The molecule has 0 bridgehead atoms. The number of ketones is 1. The molecule has 9 heteroatoms. The van der Waals surface area contributed by atoms with Gasteiger partial charge in [0.1, 0.15) is 23.8 Å². The summed E-state index contributed by atoms with van der Waals surface area (Å²) >= 11 is 0. The second-order valence-electron chi connectivity index (χ2n) is 12.4. The second kappa shape index (κ2) is 15.8. The summed E-state index contributed by atoms with van der Waals surface area (Å²) in [5.41, 5.74) is 0.773. The first-order chi connectivity index (χ1) is 19.2. The van der Waals surface area contributed by atoms with Crippen molar-refractivity contribution in [3.8, 4) is 0 Å². The van der Waals surface area contributed by atoms with Crippen LogP contribution in [-0.2, 0) is 30.3 Å². The SMILES string of the molecule is C=C(C)CC[C@H](O)C(=O)N[C@@H](CCC(C)C)C(=O)N[C@@H](Cc1ccccc1)C(=O)N[C@@H](CC(C)C)C(=O)[C@@]1(C)CO1. The van der Waals surface area contributed by atoms with Crippen molar-refractivity contribution in [1.82, 2.24) is 16.0 Å². The first kappa shape index (κ1) is 34.2. The van der Waals surface area contributed by atoms with E-state index in [0.717, 1.165) is 11.1 Å². The van der Waals surface area contributed by atoms with Gasteiger partial charge in [-0.1, -0.05) is 63.6 Å². The van der Waals surface area contributed by atoms with Gasteiger partial charge >= 0.3 is 0 Å². The van der Waals surface area contributed by atoms with E-state index >= 15 is 0 Å². The van der Waals surface area contributed by atoms with Crippen molar-refractivity contribution in [2.75, 3.05) is 6.61 Å². The zero-order valence-corrected chi connectivity index (χ0v) is 25.5. The highest BCUT2D eigenvalue weighted by atomic mass is 16.6. The molecule has 9 nitrogen and oxygen atoms in total. The zero-order chi connectivity index (χ0) is 30.7. The molecule has 1 heterocycles. The third-order valence-electron chi connectivity index (χ3n) is 7.17. The smallest absolute Gasteiger partial charge is 0.249 e. The van der Waals surface area contributed by atoms with E-state index in [-0.39, 0.29) is 30.5 Å². The Morgan fingerprint density at radius 2 is 1.44 bits per heavy atom. The number of rotatable bonds is 18. The van der Waals surface area contributed by atoms with Crippen molar-refractivity contribution in [3.63, 3.8) is 0 Å². The van der Waals surface area contributed by atoms with Gasteiger partial charge in [-0.05, 0) is 63.4 Å². The number of benzene rings is 1. The fourth-order valence-corrected chi connectivity index (χ4v) is 4.48. The lowest BCUT2D eigenvalue weighted by atomic mass is 9.93. The quantitative estimate of drug-likeness (QED) is 0.158. The van der Waals surface area contributed by atoms with Crippen LogP contribution in [0.5, 0.6) is 0 Å². The minimum atomic E-state index is -1.28. The van der Waals surface area contributed by atoms with Crippen LogP contribution in [0.15, 0.2) is 42.5 Å². The van der Waals surface area contributed by atoms with Gasteiger partial charge in [-0.2, -0.15) is 0 Å². The molecule has 0 radical (unpaired) electrons. The predicted octanol–water partition coefficient (Wildman–Crippen LogP) is 3.24. The summed E-state index contributed by atoms with van der Waals surface area (Å²) < 4.78 is 5.35. The number of ether oxygens (including phenoxy) is 1. The Labute approximate surface area is 244 Å². The average Bonchev–Trinajstić information content (AvgIpc) is 3.66. The maximum Gasteiger partial charge on any atom is 0.249 e. The Kier molecular flexibility index (Phi) is 13.2. The van der Waals surface area contributed by atoms with E-state index in [4.69, 9.17) is 4.74 Å². The minimum Gasteiger partial charge on any atom is -0.383 e. The summed E-state index contributed by atoms with van der Waals surface area (Å²) in [4.78, 5) is 53.1. The van der Waals surface area contributed by atoms with Crippen LogP contribution in [0.3, 0.4) is 0 Å². The molecule has 4 N–H and O–H groups in total. The van der Waals surface area contributed by atoms with Crippen LogP contribution in [0, 0.1) is 11.8 Å². The third-order valence-corrected chi connectivity index (χ3v) is 7.17. The molecule has 228 valence electrons. The van der Waals surface area contributed by atoms with Gasteiger partial charge in [-0.25, -0.2) is 0 Å². The Morgan fingerprint density at radius 3 is 1.98 bits per heavy atom. The molecule has 1 aromatic rings. The van der Waals surface area contributed by atoms with E-state index in [1.165, 1.54) is 0 Å². The monoisotopic (exact) mass is 571 g/mol. The third kappa shape index (κ3) is 11.8. The number of carbonyl (C=O) groups excluding carboxylic acids is 4. The molecule has 0 unspecified atom stereocenters. The predicted molar refractivity (Wildman–Crippen MR) is 159 cm³/mol. The Hall–Kier alpha value is -3.04. The number of hydrogen-bond donors (Lipinski definition) is 4. The molecule has 41 heavy (non-hydrogen) atoms. The zero-order valence-electron chi connectivity index (χ0n) is 25.5. The lowest BCUT2D eigenvalue weighted by molar-refractivity contribution is -0.136. The van der Waals surface area contributed by atoms with Gasteiger partial charge in [0.05, 0.1) is 12.6 Å². The molecule has 1 saturated heterocycles. The van der Waals surface area contributed by atoms with Crippen LogP contribution in [0.1, 0.15) is 79.2 Å². The van der Waals surface area contributed by atoms with Crippen LogP contribution in [0.25, 0.3) is 0 Å². The molecule has 1 aliphatic rings. The summed E-state index contributed by atoms with van der Waals surface area (Å²) in [7, 11) is 0. The number of Topliss-reactive ketones (excluding diaryl/α,β-unsaturated/α-hetero) is 1. The number of amides is 3. The van der Waals surface area contributed by atoms with E-state index in [0.29, 0.717) is 32.3 Å². The van der Waals surface area contributed by atoms with Crippen LogP contribution in [-0.4, -0.2) is 65.0 Å². The number of epoxide rings is 1. The topological polar surface area (TPSA) is 137 Å². The number of carbonyl (C=O) groups is 4. The maximum atomic E-state index is 13.6. The van der Waals surface area contributed by atoms with Crippen LogP contribution in [0.4, 0.5) is 0 Å². The first-order valence-electron chi connectivity index (χ1n) is 14.7. The van der Waals surface area contributed by atoms with Gasteiger partial charge in [0.15, 0.2) is 5.78 Å². The lowest BCUT2D eigenvalue weighted by Crippen LogP contribution is -2.58. The summed E-state index contributed by atoms with van der Waals surface area (Å²) in [5.74, 6) is -1.42. The minimum absolute atomic E-state index is 0.140. The average molecular weight is 572 g/mol. The van der Waals surface area contributed by atoms with Crippen LogP contribution in [0.2, 0.25) is 0 Å². The van der Waals surface area contributed by atoms with Crippen molar-refractivity contribution in [3.05, 3.63) is 48.0 Å². The number of hydrogen-bond acceptors (Lipinski definition) is 6. The van der Waals surface area contributed by atoms with Crippen molar-refractivity contribution in [2.24, 2.45) is 11.8 Å². The summed E-state index contributed by atoms with van der Waals surface area (Å²) in [6.45, 7) is 15.6.